The maximum absolute atomic E-state index is 13.9. The Labute approximate surface area is 109 Å². The average molecular weight is 267 g/mol. The van der Waals surface area contributed by atoms with Gasteiger partial charge in [0.25, 0.3) is 0 Å². The van der Waals surface area contributed by atoms with Crippen molar-refractivity contribution in [1.82, 2.24) is 0 Å². The number of nitrogens with zero attached hydrogens (tertiary/aromatic N) is 1. The number of aliphatic hydroxyl groups is 1. The van der Waals surface area contributed by atoms with Crippen molar-refractivity contribution in [2.45, 2.75) is 6.42 Å². The maximum Gasteiger partial charge on any atom is 0.340 e. The van der Waals surface area contributed by atoms with Crippen molar-refractivity contribution in [3.63, 3.8) is 0 Å². The second kappa shape index (κ2) is 5.36. The van der Waals surface area contributed by atoms with Gasteiger partial charge in [-0.3, -0.25) is 4.79 Å². The molecule has 1 unspecified atom stereocenters. The minimum absolute atomic E-state index is 0.00874. The first-order valence-corrected chi connectivity index (χ1v) is 5.86. The Morgan fingerprint density at radius 2 is 2.32 bits per heavy atom. The number of carbonyl (C=O) groups excluding carboxylic acids is 2. The molecule has 0 aromatic heterocycles. The predicted molar refractivity (Wildman–Crippen MR) is 65.3 cm³/mol. The van der Waals surface area contributed by atoms with Gasteiger partial charge < -0.3 is 14.7 Å². The van der Waals surface area contributed by atoms with E-state index < -0.39 is 11.8 Å². The molecule has 1 atom stereocenters. The Hall–Kier alpha value is -1.95. The van der Waals surface area contributed by atoms with E-state index in [2.05, 4.69) is 4.74 Å². The van der Waals surface area contributed by atoms with Gasteiger partial charge in [0, 0.05) is 25.5 Å². The molecule has 19 heavy (non-hydrogen) atoms. The lowest BCUT2D eigenvalue weighted by Crippen LogP contribution is -2.28. The highest BCUT2D eigenvalue weighted by Crippen LogP contribution is 2.30. The number of halogens is 1. The van der Waals surface area contributed by atoms with E-state index in [4.69, 9.17) is 5.11 Å². The number of rotatable bonds is 3. The molecule has 1 aromatic rings. The Morgan fingerprint density at radius 1 is 1.58 bits per heavy atom. The molecule has 1 N–H and O–H groups in total. The van der Waals surface area contributed by atoms with E-state index in [-0.39, 0.29) is 42.6 Å². The van der Waals surface area contributed by atoms with Gasteiger partial charge in [-0.1, -0.05) is 6.07 Å². The Kier molecular flexibility index (Phi) is 3.80. The van der Waals surface area contributed by atoms with Gasteiger partial charge in [0.05, 0.1) is 18.4 Å². The summed E-state index contributed by atoms with van der Waals surface area (Å²) in [6.07, 6.45) is 0.144. The highest BCUT2D eigenvalue weighted by molar-refractivity contribution is 6.03. The second-order valence-corrected chi connectivity index (χ2v) is 4.38. The van der Waals surface area contributed by atoms with Gasteiger partial charge in [-0.15, -0.1) is 0 Å². The Bertz CT molecular complexity index is 517. The van der Waals surface area contributed by atoms with Crippen LogP contribution in [0.25, 0.3) is 0 Å². The lowest BCUT2D eigenvalue weighted by atomic mass is 10.1. The van der Waals surface area contributed by atoms with Crippen molar-refractivity contribution in [1.29, 1.82) is 0 Å². The van der Waals surface area contributed by atoms with E-state index in [0.29, 0.717) is 0 Å². The molecule has 1 saturated heterocycles. The van der Waals surface area contributed by atoms with Crippen LogP contribution in [0.15, 0.2) is 18.2 Å². The van der Waals surface area contributed by atoms with Crippen molar-refractivity contribution in [3.05, 3.63) is 29.6 Å². The number of hydrogen-bond donors (Lipinski definition) is 1. The van der Waals surface area contributed by atoms with Crippen LogP contribution in [-0.4, -0.2) is 37.2 Å². The van der Waals surface area contributed by atoms with E-state index in [9.17, 15) is 14.0 Å². The number of methoxy groups -OCH3 is 1. The van der Waals surface area contributed by atoms with E-state index in [1.54, 1.807) is 0 Å². The van der Waals surface area contributed by atoms with Gasteiger partial charge >= 0.3 is 5.97 Å². The third kappa shape index (κ3) is 2.44. The monoisotopic (exact) mass is 267 g/mol. The second-order valence-electron chi connectivity index (χ2n) is 4.38. The van der Waals surface area contributed by atoms with Crippen molar-refractivity contribution in [2.75, 3.05) is 25.2 Å². The summed E-state index contributed by atoms with van der Waals surface area (Å²) in [5, 5.41) is 9.08. The normalized spacial score (nSPS) is 18.8. The molecule has 1 aliphatic rings. The van der Waals surface area contributed by atoms with Crippen LogP contribution < -0.4 is 4.90 Å². The van der Waals surface area contributed by atoms with Crippen molar-refractivity contribution < 1.29 is 23.8 Å². The van der Waals surface area contributed by atoms with E-state index in [1.165, 1.54) is 30.2 Å². The molecule has 1 amide bonds. The smallest absolute Gasteiger partial charge is 0.340 e. The molecule has 0 saturated carbocycles. The van der Waals surface area contributed by atoms with Gasteiger partial charge in [-0.05, 0) is 12.1 Å². The number of anilines is 1. The number of ether oxygens (including phenoxy) is 1. The van der Waals surface area contributed by atoms with Crippen LogP contribution >= 0.6 is 0 Å². The molecule has 1 heterocycles. The van der Waals surface area contributed by atoms with Crippen molar-refractivity contribution >= 4 is 17.6 Å². The largest absolute Gasteiger partial charge is 0.465 e. The minimum Gasteiger partial charge on any atom is -0.465 e. The van der Waals surface area contributed by atoms with Crippen LogP contribution in [0.4, 0.5) is 10.1 Å². The van der Waals surface area contributed by atoms with E-state index in [1.807, 2.05) is 0 Å². The van der Waals surface area contributed by atoms with Crippen LogP contribution in [0.5, 0.6) is 0 Å². The zero-order valence-corrected chi connectivity index (χ0v) is 10.4. The summed E-state index contributed by atoms with van der Waals surface area (Å²) in [6, 6.07) is 3.97. The molecule has 2 rings (SSSR count). The molecule has 5 nitrogen and oxygen atoms in total. The number of hydrogen-bond acceptors (Lipinski definition) is 4. The summed E-state index contributed by atoms with van der Waals surface area (Å²) in [5.41, 5.74) is -0.0651. The van der Waals surface area contributed by atoms with E-state index in [0.717, 1.165) is 0 Å². The summed E-state index contributed by atoms with van der Waals surface area (Å²) < 4.78 is 18.5. The summed E-state index contributed by atoms with van der Waals surface area (Å²) in [6.45, 7) is 0.0461. The third-order valence-corrected chi connectivity index (χ3v) is 3.13. The first-order chi connectivity index (χ1) is 9.08. The topological polar surface area (TPSA) is 66.8 Å². The molecule has 1 aliphatic heterocycles. The fraction of sp³-hybridized carbons (Fsp3) is 0.385. The maximum atomic E-state index is 13.9. The van der Waals surface area contributed by atoms with Crippen LogP contribution in [0.3, 0.4) is 0 Å². The lowest BCUT2D eigenvalue weighted by molar-refractivity contribution is -0.117. The van der Waals surface area contributed by atoms with Crippen molar-refractivity contribution in [3.8, 4) is 0 Å². The molecule has 1 fully saturated rings. The van der Waals surface area contributed by atoms with Gasteiger partial charge in [0.15, 0.2) is 0 Å². The molecule has 0 aliphatic carbocycles. The zero-order valence-electron chi connectivity index (χ0n) is 10.4. The Balaban J connectivity index is 2.44. The highest BCUT2D eigenvalue weighted by Gasteiger charge is 2.34. The minimum atomic E-state index is -0.699. The molecule has 0 radical (unpaired) electrons. The molecular formula is C13H14FNO4. The number of benzene rings is 1. The van der Waals surface area contributed by atoms with Crippen LogP contribution in [0.2, 0.25) is 0 Å². The van der Waals surface area contributed by atoms with Gasteiger partial charge in [-0.2, -0.15) is 0 Å². The number of amides is 1. The Morgan fingerprint density at radius 3 is 2.89 bits per heavy atom. The predicted octanol–water partition coefficient (Wildman–Crippen LogP) is 0.958. The molecule has 0 bridgehead atoms. The van der Waals surface area contributed by atoms with Crippen LogP contribution in [-0.2, 0) is 9.53 Å². The lowest BCUT2D eigenvalue weighted by Gasteiger charge is -2.19. The quantitative estimate of drug-likeness (QED) is 0.828. The van der Waals surface area contributed by atoms with Gasteiger partial charge in [-0.25, -0.2) is 9.18 Å². The summed E-state index contributed by atoms with van der Waals surface area (Å²) in [5.74, 6) is -1.91. The van der Waals surface area contributed by atoms with E-state index >= 15 is 0 Å². The molecule has 1 aromatic carbocycles. The molecule has 0 spiro atoms. The summed E-state index contributed by atoms with van der Waals surface area (Å²) >= 11 is 0. The summed E-state index contributed by atoms with van der Waals surface area (Å²) in [7, 11) is 1.19. The summed E-state index contributed by atoms with van der Waals surface area (Å²) in [4.78, 5) is 24.7. The molecule has 6 heteroatoms. The number of para-hydroxylation sites is 1. The number of aliphatic hydroxyl groups excluding tert-OH is 1. The average Bonchev–Trinajstić information content (AvgIpc) is 2.78. The standard InChI is InChI=1S/C13H14FNO4/c1-19-13(18)9-3-2-4-10(14)12(9)15-6-8(7-16)5-11(15)17/h2-4,8,16H,5-7H2,1H3. The van der Waals surface area contributed by atoms with Crippen molar-refractivity contribution in [2.24, 2.45) is 5.92 Å². The van der Waals surface area contributed by atoms with Gasteiger partial charge in [0.1, 0.15) is 5.82 Å². The molecule has 102 valence electrons. The van der Waals surface area contributed by atoms with Crippen LogP contribution in [0, 0.1) is 11.7 Å². The third-order valence-electron chi connectivity index (χ3n) is 3.13. The van der Waals surface area contributed by atoms with Gasteiger partial charge in [0.2, 0.25) is 5.91 Å². The number of esters is 1. The zero-order chi connectivity index (χ0) is 14.0. The molecular weight excluding hydrogens is 253 g/mol. The first-order valence-electron chi connectivity index (χ1n) is 5.86. The van der Waals surface area contributed by atoms with Crippen LogP contribution in [0.1, 0.15) is 16.8 Å². The SMILES string of the molecule is COC(=O)c1cccc(F)c1N1CC(CO)CC1=O. The fourth-order valence-corrected chi connectivity index (χ4v) is 2.18. The number of carbonyl (C=O) groups is 2. The fourth-order valence-electron chi connectivity index (χ4n) is 2.18. The highest BCUT2D eigenvalue weighted by atomic mass is 19.1. The first kappa shape index (κ1) is 13.5.